The molecule has 3 atom stereocenters. The van der Waals surface area contributed by atoms with E-state index in [0.29, 0.717) is 11.3 Å². The molecule has 1 aromatic carbocycles. The van der Waals surface area contributed by atoms with E-state index in [-0.39, 0.29) is 43.0 Å². The number of nitrogens with one attached hydrogen (secondary N) is 2. The molecule has 29 heavy (non-hydrogen) atoms. The van der Waals surface area contributed by atoms with Crippen molar-refractivity contribution in [1.29, 1.82) is 0 Å². The fourth-order valence-corrected chi connectivity index (χ4v) is 3.54. The van der Waals surface area contributed by atoms with Crippen molar-refractivity contribution in [2.24, 2.45) is 4.99 Å². The summed E-state index contributed by atoms with van der Waals surface area (Å²) in [6, 6.07) is 2.44. The number of aliphatic hydroxyl groups is 1. The van der Waals surface area contributed by atoms with E-state index in [1.807, 2.05) is 0 Å². The fourth-order valence-electron chi connectivity index (χ4n) is 3.54. The van der Waals surface area contributed by atoms with Crippen molar-refractivity contribution in [3.63, 3.8) is 0 Å². The van der Waals surface area contributed by atoms with Gasteiger partial charge in [-0.1, -0.05) is 0 Å². The number of benzene rings is 1. The highest BCUT2D eigenvalue weighted by atomic mass is 19.1. The Bertz CT molecular complexity index is 984. The van der Waals surface area contributed by atoms with Crippen LogP contribution in [0.4, 0.5) is 19.0 Å². The van der Waals surface area contributed by atoms with Gasteiger partial charge in [0.25, 0.3) is 5.91 Å². The van der Waals surface area contributed by atoms with Crippen LogP contribution in [0.1, 0.15) is 29.7 Å². The first-order valence-corrected chi connectivity index (χ1v) is 9.12. The van der Waals surface area contributed by atoms with E-state index in [2.05, 4.69) is 25.6 Å². The highest BCUT2D eigenvalue weighted by molar-refractivity contribution is 6.47. The van der Waals surface area contributed by atoms with Crippen LogP contribution in [0.5, 0.6) is 0 Å². The van der Waals surface area contributed by atoms with Gasteiger partial charge >= 0.3 is 0 Å². The molecule has 2 aliphatic rings. The Morgan fingerprint density at radius 2 is 2.07 bits per heavy atom. The molecule has 1 fully saturated rings. The number of rotatable bonds is 5. The molecule has 4 rings (SSSR count). The third-order valence-corrected chi connectivity index (χ3v) is 5.01. The van der Waals surface area contributed by atoms with Crippen molar-refractivity contribution in [3.8, 4) is 0 Å². The smallest absolute Gasteiger partial charge is 0.270 e. The Balaban J connectivity index is 1.51. The van der Waals surface area contributed by atoms with Crippen LogP contribution >= 0.6 is 0 Å². The van der Waals surface area contributed by atoms with Gasteiger partial charge in [0.05, 0.1) is 29.9 Å². The number of hydrogen-bond donors (Lipinski definition) is 3. The zero-order valence-corrected chi connectivity index (χ0v) is 15.2. The Kier molecular flexibility index (Phi) is 5.18. The van der Waals surface area contributed by atoms with Crippen molar-refractivity contribution < 1.29 is 23.1 Å². The second-order valence-corrected chi connectivity index (χ2v) is 7.01. The molecule has 0 unspecified atom stereocenters. The van der Waals surface area contributed by atoms with E-state index < -0.39 is 35.9 Å². The maximum Gasteiger partial charge on any atom is 0.270 e. The Hall–Kier alpha value is -3.01. The number of carbonyl (C=O) groups excluding carboxylic acids is 1. The number of aromatic nitrogens is 2. The number of fused-ring (bicyclic) bond motifs is 1. The Labute approximate surface area is 164 Å². The number of hydrogen-bond acceptors (Lipinski definition) is 6. The Morgan fingerprint density at radius 3 is 2.83 bits per heavy atom. The summed E-state index contributed by atoms with van der Waals surface area (Å²) in [5.74, 6) is -1.57. The molecule has 7 nitrogen and oxygen atoms in total. The van der Waals surface area contributed by atoms with Crippen LogP contribution in [0, 0.1) is 11.6 Å². The zero-order chi connectivity index (χ0) is 20.5. The minimum absolute atomic E-state index is 0.00268. The van der Waals surface area contributed by atoms with Gasteiger partial charge in [-0.3, -0.25) is 9.79 Å². The molecule has 1 amide bonds. The maximum atomic E-state index is 13.8. The summed E-state index contributed by atoms with van der Waals surface area (Å²) in [6.07, 6.45) is -0.533. The quantitative estimate of drug-likeness (QED) is 0.703. The normalized spacial score (nSPS) is 22.9. The van der Waals surface area contributed by atoms with Crippen LogP contribution in [0.3, 0.4) is 0 Å². The van der Waals surface area contributed by atoms with Crippen LogP contribution in [0.2, 0.25) is 0 Å². The highest BCUT2D eigenvalue weighted by Gasteiger charge is 2.35. The summed E-state index contributed by atoms with van der Waals surface area (Å²) in [7, 11) is 0. The van der Waals surface area contributed by atoms with E-state index in [9.17, 15) is 23.1 Å². The number of amides is 1. The lowest BCUT2D eigenvalue weighted by Crippen LogP contribution is -2.33. The molecule has 0 saturated heterocycles. The zero-order valence-electron chi connectivity index (χ0n) is 15.2. The van der Waals surface area contributed by atoms with Gasteiger partial charge < -0.3 is 15.7 Å². The lowest BCUT2D eigenvalue weighted by molar-refractivity contribution is -0.114. The first-order chi connectivity index (χ1) is 13.9. The van der Waals surface area contributed by atoms with E-state index in [1.54, 1.807) is 0 Å². The van der Waals surface area contributed by atoms with Crippen molar-refractivity contribution in [2.75, 3.05) is 5.32 Å². The molecule has 152 valence electrons. The number of halogens is 3. The van der Waals surface area contributed by atoms with Gasteiger partial charge in [0, 0.05) is 24.9 Å². The Morgan fingerprint density at radius 1 is 1.24 bits per heavy atom. The molecule has 2 aromatic rings. The summed E-state index contributed by atoms with van der Waals surface area (Å²) >= 11 is 0. The van der Waals surface area contributed by atoms with Crippen molar-refractivity contribution in [1.82, 2.24) is 15.3 Å². The molecule has 2 heterocycles. The largest absolute Gasteiger partial charge is 0.391 e. The third-order valence-electron chi connectivity index (χ3n) is 5.01. The molecule has 0 spiro atoms. The lowest BCUT2D eigenvalue weighted by atomic mass is 10.1. The molecule has 1 aliphatic heterocycles. The van der Waals surface area contributed by atoms with Gasteiger partial charge in [0.1, 0.15) is 35.7 Å². The van der Waals surface area contributed by atoms with E-state index in [4.69, 9.17) is 0 Å². The van der Waals surface area contributed by atoms with Crippen LogP contribution in [-0.2, 0) is 17.9 Å². The second-order valence-electron chi connectivity index (χ2n) is 7.01. The summed E-state index contributed by atoms with van der Waals surface area (Å²) in [5.41, 5.74) is 0.917. The monoisotopic (exact) mass is 405 g/mol. The van der Waals surface area contributed by atoms with E-state index >= 15 is 0 Å². The van der Waals surface area contributed by atoms with Gasteiger partial charge in [0.15, 0.2) is 0 Å². The van der Waals surface area contributed by atoms with Gasteiger partial charge in [-0.05, 0) is 18.2 Å². The van der Waals surface area contributed by atoms with Gasteiger partial charge in [-0.15, -0.1) is 0 Å². The predicted octanol–water partition coefficient (Wildman–Crippen LogP) is 1.65. The summed E-state index contributed by atoms with van der Waals surface area (Å²) in [4.78, 5) is 25.1. The maximum absolute atomic E-state index is 13.8. The molecular formula is C19H18F3N5O2. The van der Waals surface area contributed by atoms with Crippen LogP contribution < -0.4 is 10.6 Å². The molecular weight excluding hydrogens is 387 g/mol. The molecule has 3 N–H and O–H groups in total. The molecule has 0 radical (unpaired) electrons. The number of aliphatic hydroxyl groups excluding tert-OH is 1. The van der Waals surface area contributed by atoms with Crippen LogP contribution in [0.15, 0.2) is 29.5 Å². The van der Waals surface area contributed by atoms with Crippen LogP contribution in [0.25, 0.3) is 0 Å². The summed E-state index contributed by atoms with van der Waals surface area (Å²) < 4.78 is 40.6. The van der Waals surface area contributed by atoms with Gasteiger partial charge in [0.2, 0.25) is 0 Å². The minimum atomic E-state index is -1.12. The topological polar surface area (TPSA) is 99.5 Å². The lowest BCUT2D eigenvalue weighted by Gasteiger charge is -2.19. The molecule has 10 heteroatoms. The van der Waals surface area contributed by atoms with Gasteiger partial charge in [-0.2, -0.15) is 0 Å². The fraction of sp³-hybridized carbons (Fsp3) is 0.368. The standard InChI is InChI=1S/C19H18F3N5O2/c20-10-1-2-12(22)9(3-10)6-24-19(29)17-16-14(7-23-17)25-8-26-18(16)27-13-4-11(21)5-15(13)28/h1-3,8,11,13,15,28H,4-7H2,(H,24,29)(H,25,26,27)/t11-,13+,15+/m0/s1. The average molecular weight is 405 g/mol. The number of aliphatic imine (C=N–C) groups is 1. The third kappa shape index (κ3) is 3.93. The molecule has 1 saturated carbocycles. The second kappa shape index (κ2) is 7.78. The van der Waals surface area contributed by atoms with Crippen molar-refractivity contribution in [2.45, 2.75) is 44.2 Å². The first kappa shape index (κ1) is 19.3. The van der Waals surface area contributed by atoms with Crippen molar-refractivity contribution in [3.05, 3.63) is 53.0 Å². The minimum Gasteiger partial charge on any atom is -0.391 e. The predicted molar refractivity (Wildman–Crippen MR) is 98.0 cm³/mol. The number of anilines is 1. The average Bonchev–Trinajstić information content (AvgIpc) is 3.26. The summed E-state index contributed by atoms with van der Waals surface area (Å²) in [6.45, 7) is -0.0688. The number of alkyl halides is 1. The van der Waals surface area contributed by atoms with Crippen molar-refractivity contribution >= 4 is 17.4 Å². The summed E-state index contributed by atoms with van der Waals surface area (Å²) in [5, 5.41) is 15.5. The first-order valence-electron chi connectivity index (χ1n) is 9.12. The molecule has 1 aliphatic carbocycles. The van der Waals surface area contributed by atoms with E-state index in [0.717, 1.165) is 18.2 Å². The van der Waals surface area contributed by atoms with E-state index in [1.165, 1.54) is 6.33 Å². The SMILES string of the molecule is O=C(NCc1cc(F)ccc1F)C1=NCc2ncnc(N[C@@H]3C[C@H](F)C[C@H]3O)c21. The van der Waals surface area contributed by atoms with Gasteiger partial charge in [-0.25, -0.2) is 23.1 Å². The number of nitrogens with zero attached hydrogens (tertiary/aromatic N) is 3. The highest BCUT2D eigenvalue weighted by Crippen LogP contribution is 2.29. The molecule has 0 bridgehead atoms. The van der Waals surface area contributed by atoms with Crippen LogP contribution in [-0.4, -0.2) is 45.0 Å². The number of carbonyl (C=O) groups is 1. The molecule has 1 aromatic heterocycles.